The van der Waals surface area contributed by atoms with Gasteiger partial charge < -0.3 is 4.28 Å². The fourth-order valence-electron chi connectivity index (χ4n) is 0. The van der Waals surface area contributed by atoms with E-state index in [9.17, 15) is 0 Å². The Morgan fingerprint density at radius 1 is 0.833 bits per heavy atom. The van der Waals surface area contributed by atoms with Gasteiger partial charge >= 0.3 is 74.4 Å². The Hall–Kier alpha value is 2.71. The molecule has 0 aliphatic rings. The predicted octanol–water partition coefficient (Wildman–Crippen LogP) is -2.58. The molecule has 0 aromatic rings. The van der Waals surface area contributed by atoms with E-state index in [-0.39, 0.29) is 110 Å². The van der Waals surface area contributed by atoms with Crippen molar-refractivity contribution < 1.29 is 86.8 Å². The third kappa shape index (κ3) is 29.8. The molecular formula is H6F3KMgMn. The predicted molar refractivity (Wildman–Crippen MR) is 16.6 cm³/mol. The van der Waals surface area contributed by atoms with E-state index in [4.69, 9.17) is 0 Å². The van der Waals surface area contributed by atoms with E-state index in [1.54, 1.807) is 0 Å². The van der Waals surface area contributed by atoms with E-state index in [2.05, 4.69) is 0 Å². The van der Waals surface area contributed by atoms with Crippen molar-refractivity contribution in [1.82, 2.24) is 0 Å². The summed E-state index contributed by atoms with van der Waals surface area (Å²) in [7, 11) is 0. The minimum Gasteiger partial charge on any atom is -1.00 e. The standard InChI is InChI=1S/3FH.K.Mg.Mn.3H/h3*1H;;;;;;/q;;;+1;+2;;3*-1. The number of hydrogen-bond acceptors (Lipinski definition) is 0. The van der Waals surface area contributed by atoms with Crippen molar-refractivity contribution in [2.45, 2.75) is 0 Å². The topological polar surface area (TPSA) is 0 Å². The van der Waals surface area contributed by atoms with Crippen LogP contribution < -0.4 is 51.4 Å². The minimum absolute atomic E-state index is 0. The van der Waals surface area contributed by atoms with E-state index in [0.717, 1.165) is 0 Å². The van der Waals surface area contributed by atoms with Crippen molar-refractivity contribution in [2.24, 2.45) is 0 Å². The van der Waals surface area contributed by atoms with Gasteiger partial charge in [-0.05, 0) is 0 Å². The fourth-order valence-corrected chi connectivity index (χ4v) is 0. The van der Waals surface area contributed by atoms with Crippen LogP contribution in [-0.4, -0.2) is 23.1 Å². The zero-order valence-corrected chi connectivity index (χ0v) is 9.03. The summed E-state index contributed by atoms with van der Waals surface area (Å²) in [5, 5.41) is 0. The molecular weight excluding hydrogens is 175 g/mol. The molecule has 0 atom stereocenters. The fraction of sp³-hybridized carbons (Fsp3) is 0. The molecule has 1 radical (unpaired) electrons. The molecule has 0 saturated heterocycles. The molecule has 0 N–H and O–H groups in total. The molecule has 0 spiro atoms. The molecule has 0 aromatic heterocycles. The normalized spacial score (nSPS) is 0. The summed E-state index contributed by atoms with van der Waals surface area (Å²) in [6.07, 6.45) is 0. The minimum atomic E-state index is 0. The van der Waals surface area contributed by atoms with Crippen LogP contribution in [0.15, 0.2) is 0 Å². The zero-order chi connectivity index (χ0) is 0. The largest absolute Gasteiger partial charge is 2.00 e. The van der Waals surface area contributed by atoms with Crippen LogP contribution in [0.1, 0.15) is 4.28 Å². The van der Waals surface area contributed by atoms with Gasteiger partial charge in [-0.3, -0.25) is 14.1 Å². The van der Waals surface area contributed by atoms with Gasteiger partial charge in [0.05, 0.1) is 0 Å². The molecule has 0 amide bonds. The van der Waals surface area contributed by atoms with Crippen molar-refractivity contribution in [3.63, 3.8) is 0 Å². The van der Waals surface area contributed by atoms with E-state index in [0.29, 0.717) is 0 Å². The number of rotatable bonds is 0. The zero-order valence-electron chi connectivity index (χ0n) is 6.31. The first-order valence-electron chi connectivity index (χ1n) is 0. The quantitative estimate of drug-likeness (QED) is 0.360. The maximum absolute atomic E-state index is 0. The van der Waals surface area contributed by atoms with E-state index in [1.807, 2.05) is 0 Å². The van der Waals surface area contributed by atoms with Crippen LogP contribution in [0, 0.1) is 0 Å². The first-order valence-corrected chi connectivity index (χ1v) is 0. The molecule has 0 unspecified atom stereocenters. The molecule has 6 heavy (non-hydrogen) atoms. The summed E-state index contributed by atoms with van der Waals surface area (Å²) < 4.78 is 0. The van der Waals surface area contributed by atoms with Crippen LogP contribution >= 0.6 is 0 Å². The molecule has 0 heterocycles. The molecule has 37 valence electrons. The first-order chi connectivity index (χ1) is 0. The first kappa shape index (κ1) is 70.4. The number of halogens is 3. The van der Waals surface area contributed by atoms with Gasteiger partial charge in [-0.1, -0.05) is 0 Å². The molecule has 6 heteroatoms. The Morgan fingerprint density at radius 2 is 0.833 bits per heavy atom. The van der Waals surface area contributed by atoms with Crippen molar-refractivity contribution in [3.8, 4) is 0 Å². The summed E-state index contributed by atoms with van der Waals surface area (Å²) in [4.78, 5) is 0. The van der Waals surface area contributed by atoms with Crippen molar-refractivity contribution in [1.29, 1.82) is 0 Å². The van der Waals surface area contributed by atoms with E-state index in [1.165, 1.54) is 0 Å². The average Bonchev–Trinajstić information content (AvgIpc) is 0. The third-order valence-corrected chi connectivity index (χ3v) is 0. The van der Waals surface area contributed by atoms with Crippen molar-refractivity contribution in [2.75, 3.05) is 0 Å². The second kappa shape index (κ2) is 47.2. The van der Waals surface area contributed by atoms with Crippen LogP contribution in [-0.2, 0) is 17.1 Å². The van der Waals surface area contributed by atoms with Gasteiger partial charge in [-0.25, -0.2) is 0 Å². The molecule has 0 bridgehead atoms. The summed E-state index contributed by atoms with van der Waals surface area (Å²) in [5.74, 6) is 0. The van der Waals surface area contributed by atoms with E-state index < -0.39 is 0 Å². The van der Waals surface area contributed by atoms with E-state index >= 15 is 0 Å². The Kier molecular flexibility index (Phi) is 555. The van der Waals surface area contributed by atoms with Crippen LogP contribution in [0.25, 0.3) is 0 Å². The van der Waals surface area contributed by atoms with Crippen LogP contribution in [0.2, 0.25) is 0 Å². The van der Waals surface area contributed by atoms with Gasteiger partial charge in [0.15, 0.2) is 0 Å². The second-order valence-corrected chi connectivity index (χ2v) is 0. The Bertz CT molecular complexity index is 19.0. The maximum atomic E-state index is 0. The molecule has 0 nitrogen and oxygen atoms in total. The summed E-state index contributed by atoms with van der Waals surface area (Å²) in [6.45, 7) is 0. The molecule has 0 rings (SSSR count). The van der Waals surface area contributed by atoms with Crippen molar-refractivity contribution >= 4 is 23.1 Å². The average molecular weight is 181 g/mol. The van der Waals surface area contributed by atoms with Gasteiger partial charge in [0, 0.05) is 17.1 Å². The monoisotopic (exact) mass is 181 g/mol. The third-order valence-electron chi connectivity index (χ3n) is 0. The molecule has 0 fully saturated rings. The smallest absolute Gasteiger partial charge is 1.00 e. The van der Waals surface area contributed by atoms with Gasteiger partial charge in [-0.2, -0.15) is 0 Å². The Balaban J connectivity index is 0. The van der Waals surface area contributed by atoms with Gasteiger partial charge in [0.1, 0.15) is 0 Å². The van der Waals surface area contributed by atoms with Crippen molar-refractivity contribution in [3.05, 3.63) is 0 Å². The molecule has 0 saturated carbocycles. The summed E-state index contributed by atoms with van der Waals surface area (Å²) in [5.41, 5.74) is 0. The Morgan fingerprint density at radius 3 is 0.833 bits per heavy atom. The summed E-state index contributed by atoms with van der Waals surface area (Å²) in [6, 6.07) is 0. The SMILES string of the molecule is F.F.F.[H-].[H-].[H-].[K+].[Mg+2].[Mn]. The molecule has 0 aromatic carbocycles. The summed E-state index contributed by atoms with van der Waals surface area (Å²) >= 11 is 0. The van der Waals surface area contributed by atoms with Crippen LogP contribution in [0.5, 0.6) is 0 Å². The molecule has 0 aliphatic heterocycles. The van der Waals surface area contributed by atoms with Gasteiger partial charge in [-0.15, -0.1) is 0 Å². The van der Waals surface area contributed by atoms with Gasteiger partial charge in [0.25, 0.3) is 0 Å². The van der Waals surface area contributed by atoms with Crippen LogP contribution in [0.4, 0.5) is 14.1 Å². The number of hydrogen-bond donors (Lipinski definition) is 0. The maximum Gasteiger partial charge on any atom is 2.00 e. The molecule has 0 aliphatic carbocycles. The second-order valence-electron chi connectivity index (χ2n) is 0. The van der Waals surface area contributed by atoms with Crippen LogP contribution in [0.3, 0.4) is 0 Å². The Labute approximate surface area is 108 Å². The van der Waals surface area contributed by atoms with Gasteiger partial charge in [0.2, 0.25) is 0 Å².